The number of hydrogen-bond donors (Lipinski definition) is 1. The van der Waals surface area contributed by atoms with Gasteiger partial charge in [-0.2, -0.15) is 0 Å². The molecule has 0 spiro atoms. The number of ether oxygens (including phenoxy) is 1. The predicted molar refractivity (Wildman–Crippen MR) is 74.4 cm³/mol. The van der Waals surface area contributed by atoms with E-state index in [1.807, 2.05) is 0 Å². The van der Waals surface area contributed by atoms with Crippen LogP contribution in [0.3, 0.4) is 0 Å². The lowest BCUT2D eigenvalue weighted by Gasteiger charge is -2.14. The third-order valence-corrected chi connectivity index (χ3v) is 4.09. The number of fused-ring (bicyclic) bond motifs is 1. The SMILES string of the molecule is CCN1CCC(COc2ccc3c(c2)CCN3)C1. The summed E-state index contributed by atoms with van der Waals surface area (Å²) in [5, 5.41) is 3.38. The highest BCUT2D eigenvalue weighted by Gasteiger charge is 2.21. The topological polar surface area (TPSA) is 24.5 Å². The standard InChI is InChI=1S/C15H22N2O/c1-2-17-8-6-12(10-17)11-18-14-3-4-15-13(9-14)5-7-16-15/h3-4,9,12,16H,2,5-8,10-11H2,1H3. The smallest absolute Gasteiger partial charge is 0.119 e. The first-order chi connectivity index (χ1) is 8.85. The number of nitrogens with zero attached hydrogens (tertiary/aromatic N) is 1. The van der Waals surface area contributed by atoms with Crippen LogP contribution in [0.2, 0.25) is 0 Å². The maximum atomic E-state index is 5.95. The zero-order valence-corrected chi connectivity index (χ0v) is 11.1. The van der Waals surface area contributed by atoms with E-state index in [4.69, 9.17) is 4.74 Å². The molecule has 1 N–H and O–H groups in total. The monoisotopic (exact) mass is 246 g/mol. The molecular weight excluding hydrogens is 224 g/mol. The Labute approximate surface area is 109 Å². The van der Waals surface area contributed by atoms with E-state index in [9.17, 15) is 0 Å². The molecule has 1 saturated heterocycles. The molecule has 18 heavy (non-hydrogen) atoms. The number of likely N-dealkylation sites (tertiary alicyclic amines) is 1. The Bertz CT molecular complexity index is 419. The van der Waals surface area contributed by atoms with E-state index in [2.05, 4.69) is 35.3 Å². The van der Waals surface area contributed by atoms with E-state index in [1.165, 1.54) is 37.3 Å². The summed E-state index contributed by atoms with van der Waals surface area (Å²) in [5.41, 5.74) is 2.68. The molecule has 1 aromatic carbocycles. The maximum Gasteiger partial charge on any atom is 0.119 e. The summed E-state index contributed by atoms with van der Waals surface area (Å²) in [6, 6.07) is 6.43. The molecule has 0 aliphatic carbocycles. The highest BCUT2D eigenvalue weighted by molar-refractivity contribution is 5.57. The summed E-state index contributed by atoms with van der Waals surface area (Å²) in [6.45, 7) is 7.76. The number of rotatable bonds is 4. The molecule has 1 fully saturated rings. The van der Waals surface area contributed by atoms with Crippen molar-refractivity contribution >= 4 is 5.69 Å². The fraction of sp³-hybridized carbons (Fsp3) is 0.600. The number of hydrogen-bond acceptors (Lipinski definition) is 3. The van der Waals surface area contributed by atoms with Crippen LogP contribution in [0.15, 0.2) is 18.2 Å². The van der Waals surface area contributed by atoms with E-state index in [0.29, 0.717) is 5.92 Å². The van der Waals surface area contributed by atoms with Gasteiger partial charge in [0, 0.05) is 24.7 Å². The van der Waals surface area contributed by atoms with E-state index in [-0.39, 0.29) is 0 Å². The summed E-state index contributed by atoms with van der Waals surface area (Å²) in [6.07, 6.45) is 2.40. The van der Waals surface area contributed by atoms with Gasteiger partial charge in [-0.3, -0.25) is 0 Å². The molecule has 0 amide bonds. The van der Waals surface area contributed by atoms with Gasteiger partial charge in [0.15, 0.2) is 0 Å². The van der Waals surface area contributed by atoms with Crippen LogP contribution in [0.1, 0.15) is 18.9 Å². The van der Waals surface area contributed by atoms with Crippen LogP contribution in [0.25, 0.3) is 0 Å². The van der Waals surface area contributed by atoms with E-state index in [0.717, 1.165) is 25.3 Å². The van der Waals surface area contributed by atoms with Crippen molar-refractivity contribution in [2.45, 2.75) is 19.8 Å². The first-order valence-corrected chi connectivity index (χ1v) is 7.07. The average Bonchev–Trinajstić information content (AvgIpc) is 3.04. The van der Waals surface area contributed by atoms with Gasteiger partial charge in [0.2, 0.25) is 0 Å². The molecule has 98 valence electrons. The van der Waals surface area contributed by atoms with Gasteiger partial charge in [-0.25, -0.2) is 0 Å². The molecule has 1 unspecified atom stereocenters. The summed E-state index contributed by atoms with van der Waals surface area (Å²) < 4.78 is 5.95. The van der Waals surface area contributed by atoms with Gasteiger partial charge >= 0.3 is 0 Å². The van der Waals surface area contributed by atoms with Crippen LogP contribution in [0, 0.1) is 5.92 Å². The van der Waals surface area contributed by atoms with Crippen molar-refractivity contribution in [2.24, 2.45) is 5.92 Å². The molecule has 2 aliphatic heterocycles. The summed E-state index contributed by atoms with van der Waals surface area (Å²) in [5.74, 6) is 1.74. The Morgan fingerprint density at radius 3 is 3.22 bits per heavy atom. The van der Waals surface area contributed by atoms with Crippen molar-refractivity contribution < 1.29 is 4.74 Å². The second-order valence-corrected chi connectivity index (χ2v) is 5.35. The lowest BCUT2D eigenvalue weighted by atomic mass is 10.1. The fourth-order valence-electron chi connectivity index (χ4n) is 2.92. The van der Waals surface area contributed by atoms with Crippen LogP contribution in [-0.2, 0) is 6.42 Å². The van der Waals surface area contributed by atoms with Crippen LogP contribution in [-0.4, -0.2) is 37.7 Å². The van der Waals surface area contributed by atoms with Gasteiger partial charge < -0.3 is 15.0 Å². The molecule has 0 radical (unpaired) electrons. The number of anilines is 1. The Morgan fingerprint density at radius 1 is 1.44 bits per heavy atom. The van der Waals surface area contributed by atoms with Crippen molar-refractivity contribution in [3.05, 3.63) is 23.8 Å². The Morgan fingerprint density at radius 2 is 2.39 bits per heavy atom. The molecular formula is C15H22N2O. The molecule has 3 heteroatoms. The Kier molecular flexibility index (Phi) is 3.41. The molecule has 1 atom stereocenters. The minimum atomic E-state index is 0.705. The van der Waals surface area contributed by atoms with Gasteiger partial charge in [-0.05, 0) is 49.7 Å². The maximum absolute atomic E-state index is 5.95. The van der Waals surface area contributed by atoms with E-state index in [1.54, 1.807) is 0 Å². The van der Waals surface area contributed by atoms with Crippen molar-refractivity contribution in [2.75, 3.05) is 38.1 Å². The molecule has 0 aromatic heterocycles. The second-order valence-electron chi connectivity index (χ2n) is 5.35. The van der Waals surface area contributed by atoms with Gasteiger partial charge in [-0.1, -0.05) is 6.92 Å². The minimum Gasteiger partial charge on any atom is -0.493 e. The zero-order chi connectivity index (χ0) is 12.4. The highest BCUT2D eigenvalue weighted by Crippen LogP contribution is 2.27. The van der Waals surface area contributed by atoms with Crippen molar-refractivity contribution in [1.29, 1.82) is 0 Å². The summed E-state index contributed by atoms with van der Waals surface area (Å²) in [7, 11) is 0. The lowest BCUT2D eigenvalue weighted by molar-refractivity contribution is 0.243. The first kappa shape index (κ1) is 11.8. The molecule has 0 saturated carbocycles. The largest absolute Gasteiger partial charge is 0.493 e. The van der Waals surface area contributed by atoms with Crippen molar-refractivity contribution in [1.82, 2.24) is 4.90 Å². The highest BCUT2D eigenvalue weighted by atomic mass is 16.5. The molecule has 2 aliphatic rings. The van der Waals surface area contributed by atoms with Gasteiger partial charge in [0.1, 0.15) is 5.75 Å². The average molecular weight is 246 g/mol. The summed E-state index contributed by atoms with van der Waals surface area (Å²) >= 11 is 0. The Balaban J connectivity index is 1.54. The van der Waals surface area contributed by atoms with Gasteiger partial charge in [0.05, 0.1) is 6.61 Å². The normalized spacial score (nSPS) is 22.8. The third kappa shape index (κ3) is 2.46. The predicted octanol–water partition coefficient (Wildman–Crippen LogP) is 2.38. The first-order valence-electron chi connectivity index (χ1n) is 7.07. The van der Waals surface area contributed by atoms with Crippen LogP contribution < -0.4 is 10.1 Å². The lowest BCUT2D eigenvalue weighted by Crippen LogP contribution is -2.21. The quantitative estimate of drug-likeness (QED) is 0.882. The van der Waals surface area contributed by atoms with Crippen molar-refractivity contribution in [3.8, 4) is 5.75 Å². The Hall–Kier alpha value is -1.22. The molecule has 0 bridgehead atoms. The molecule has 3 rings (SSSR count). The molecule has 2 heterocycles. The number of benzene rings is 1. The van der Waals surface area contributed by atoms with Gasteiger partial charge in [0.25, 0.3) is 0 Å². The zero-order valence-electron chi connectivity index (χ0n) is 11.1. The summed E-state index contributed by atoms with van der Waals surface area (Å²) in [4.78, 5) is 2.50. The third-order valence-electron chi connectivity index (χ3n) is 4.09. The number of nitrogens with one attached hydrogen (secondary N) is 1. The van der Waals surface area contributed by atoms with E-state index >= 15 is 0 Å². The fourth-order valence-corrected chi connectivity index (χ4v) is 2.92. The molecule has 3 nitrogen and oxygen atoms in total. The van der Waals surface area contributed by atoms with Gasteiger partial charge in [-0.15, -0.1) is 0 Å². The second kappa shape index (κ2) is 5.19. The van der Waals surface area contributed by atoms with Crippen LogP contribution in [0.5, 0.6) is 5.75 Å². The van der Waals surface area contributed by atoms with Crippen LogP contribution >= 0.6 is 0 Å². The van der Waals surface area contributed by atoms with E-state index < -0.39 is 0 Å². The van der Waals surface area contributed by atoms with Crippen LogP contribution in [0.4, 0.5) is 5.69 Å². The van der Waals surface area contributed by atoms with Crippen molar-refractivity contribution in [3.63, 3.8) is 0 Å². The molecule has 1 aromatic rings. The minimum absolute atomic E-state index is 0.705.